The van der Waals surface area contributed by atoms with E-state index in [1.807, 2.05) is 12.1 Å². The fraction of sp³-hybridized carbons (Fsp3) is 0.250. The van der Waals surface area contributed by atoms with Crippen LogP contribution in [0, 0.1) is 5.82 Å². The molecule has 1 aliphatic rings. The van der Waals surface area contributed by atoms with E-state index in [0.717, 1.165) is 5.56 Å². The van der Waals surface area contributed by atoms with E-state index in [0.29, 0.717) is 23.5 Å². The van der Waals surface area contributed by atoms with Gasteiger partial charge in [-0.1, -0.05) is 29.8 Å². The Balaban J connectivity index is 1.99. The van der Waals surface area contributed by atoms with Crippen molar-refractivity contribution in [3.8, 4) is 11.5 Å². The van der Waals surface area contributed by atoms with Gasteiger partial charge in [0, 0.05) is 29.7 Å². The number of fused-ring (bicyclic) bond motifs is 1. The summed E-state index contributed by atoms with van der Waals surface area (Å²) in [7, 11) is 1.58. The van der Waals surface area contributed by atoms with E-state index in [1.54, 1.807) is 25.3 Å². The molecule has 0 fully saturated rings. The Labute approximate surface area is 127 Å². The predicted molar refractivity (Wildman–Crippen MR) is 79.3 cm³/mol. The molecule has 5 heteroatoms. The summed E-state index contributed by atoms with van der Waals surface area (Å²) in [6.07, 6.45) is 0.0367. The Morgan fingerprint density at radius 3 is 2.86 bits per heavy atom. The van der Waals surface area contributed by atoms with E-state index < -0.39 is 11.9 Å². The zero-order valence-corrected chi connectivity index (χ0v) is 12.2. The molecule has 3 rings (SSSR count). The van der Waals surface area contributed by atoms with Crippen LogP contribution in [-0.2, 0) is 0 Å². The molecule has 2 N–H and O–H groups in total. The molecule has 2 aromatic rings. The number of hydrogen-bond donors (Lipinski definition) is 1. The zero-order chi connectivity index (χ0) is 15.0. The first-order valence-electron chi connectivity index (χ1n) is 6.64. The molecule has 1 unspecified atom stereocenters. The highest BCUT2D eigenvalue weighted by Gasteiger charge is 2.29. The molecule has 1 heterocycles. The van der Waals surface area contributed by atoms with Crippen molar-refractivity contribution in [1.82, 2.24) is 0 Å². The topological polar surface area (TPSA) is 44.5 Å². The Hall–Kier alpha value is -1.78. The maximum absolute atomic E-state index is 14.2. The van der Waals surface area contributed by atoms with Gasteiger partial charge in [-0.2, -0.15) is 0 Å². The average Bonchev–Trinajstić information content (AvgIpc) is 2.49. The van der Waals surface area contributed by atoms with Crippen molar-refractivity contribution in [3.05, 3.63) is 58.4 Å². The normalized spacial score (nSPS) is 20.6. The van der Waals surface area contributed by atoms with Crippen LogP contribution >= 0.6 is 11.6 Å². The van der Waals surface area contributed by atoms with E-state index in [2.05, 4.69) is 0 Å². The molecule has 0 saturated heterocycles. The minimum atomic E-state index is -0.460. The first-order chi connectivity index (χ1) is 10.1. The summed E-state index contributed by atoms with van der Waals surface area (Å²) >= 11 is 5.84. The molecule has 1 aliphatic heterocycles. The minimum absolute atomic E-state index is 0.0844. The minimum Gasteiger partial charge on any atom is -0.497 e. The maximum Gasteiger partial charge on any atom is 0.148 e. The van der Waals surface area contributed by atoms with Crippen LogP contribution in [0.15, 0.2) is 36.4 Å². The van der Waals surface area contributed by atoms with Crippen LogP contribution in [0.5, 0.6) is 11.5 Å². The molecule has 0 radical (unpaired) electrons. The Morgan fingerprint density at radius 2 is 2.10 bits per heavy atom. The monoisotopic (exact) mass is 307 g/mol. The lowest BCUT2D eigenvalue weighted by Gasteiger charge is -2.31. The molecular formula is C16H15ClFNO2. The molecule has 2 atom stereocenters. The van der Waals surface area contributed by atoms with Crippen molar-refractivity contribution in [1.29, 1.82) is 0 Å². The van der Waals surface area contributed by atoms with Crippen molar-refractivity contribution >= 4 is 11.6 Å². The standard InChI is InChI=1S/C16H15ClFNO2/c1-20-9-5-6-10-13(19)8-15(21-14(10)7-9)11-3-2-4-12(17)16(11)18/h2-7,13,15H,8,19H2,1H3/t13-,15?/m1/s1. The van der Waals surface area contributed by atoms with Crippen molar-refractivity contribution < 1.29 is 13.9 Å². The Morgan fingerprint density at radius 1 is 1.29 bits per heavy atom. The van der Waals surface area contributed by atoms with Crippen LogP contribution in [0.25, 0.3) is 0 Å². The molecule has 2 aromatic carbocycles. The van der Waals surface area contributed by atoms with Gasteiger partial charge >= 0.3 is 0 Å². The lowest BCUT2D eigenvalue weighted by Crippen LogP contribution is -2.24. The molecular weight excluding hydrogens is 293 g/mol. The second-order valence-corrected chi connectivity index (χ2v) is 5.40. The van der Waals surface area contributed by atoms with Gasteiger partial charge in [-0.3, -0.25) is 0 Å². The highest BCUT2D eigenvalue weighted by molar-refractivity contribution is 6.30. The molecule has 0 aliphatic carbocycles. The van der Waals surface area contributed by atoms with Crippen LogP contribution in [0.1, 0.15) is 29.7 Å². The number of benzene rings is 2. The number of nitrogens with two attached hydrogens (primary N) is 1. The SMILES string of the molecule is COc1ccc2c(c1)OC(c1cccc(Cl)c1F)C[C@H]2N. The number of hydrogen-bond acceptors (Lipinski definition) is 3. The smallest absolute Gasteiger partial charge is 0.148 e. The van der Waals surface area contributed by atoms with Gasteiger partial charge < -0.3 is 15.2 Å². The summed E-state index contributed by atoms with van der Waals surface area (Å²) in [4.78, 5) is 0. The number of rotatable bonds is 2. The highest BCUT2D eigenvalue weighted by Crippen LogP contribution is 2.42. The zero-order valence-electron chi connectivity index (χ0n) is 11.5. The molecule has 0 spiro atoms. The lowest BCUT2D eigenvalue weighted by atomic mass is 9.93. The van der Waals surface area contributed by atoms with Gasteiger partial charge in [-0.05, 0) is 12.1 Å². The molecule has 0 saturated carbocycles. The largest absolute Gasteiger partial charge is 0.497 e. The van der Waals surface area contributed by atoms with Gasteiger partial charge in [0.15, 0.2) is 0 Å². The second-order valence-electron chi connectivity index (χ2n) is 5.00. The molecule has 110 valence electrons. The van der Waals surface area contributed by atoms with Crippen LogP contribution in [0.4, 0.5) is 4.39 Å². The van der Waals surface area contributed by atoms with Crippen LogP contribution in [0.2, 0.25) is 5.02 Å². The lowest BCUT2D eigenvalue weighted by molar-refractivity contribution is 0.157. The molecule has 0 amide bonds. The first kappa shape index (κ1) is 14.2. The third kappa shape index (κ3) is 2.57. The van der Waals surface area contributed by atoms with Crippen LogP contribution < -0.4 is 15.2 Å². The van der Waals surface area contributed by atoms with E-state index in [1.165, 1.54) is 6.07 Å². The third-order valence-electron chi connectivity index (χ3n) is 3.69. The number of methoxy groups -OCH3 is 1. The Bertz CT molecular complexity index is 677. The highest BCUT2D eigenvalue weighted by atomic mass is 35.5. The summed E-state index contributed by atoms with van der Waals surface area (Å²) < 4.78 is 25.2. The number of halogens is 2. The summed E-state index contributed by atoms with van der Waals surface area (Å²) in [5.41, 5.74) is 7.50. The Kier molecular flexibility index (Phi) is 3.74. The fourth-order valence-corrected chi connectivity index (χ4v) is 2.75. The fourth-order valence-electron chi connectivity index (χ4n) is 2.57. The predicted octanol–water partition coefficient (Wildman–Crippen LogP) is 4.01. The summed E-state index contributed by atoms with van der Waals surface area (Å²) in [6.45, 7) is 0. The van der Waals surface area contributed by atoms with Gasteiger partial charge in [0.1, 0.15) is 23.4 Å². The molecule has 0 aromatic heterocycles. The van der Waals surface area contributed by atoms with Crippen molar-refractivity contribution in [2.45, 2.75) is 18.6 Å². The van der Waals surface area contributed by atoms with E-state index >= 15 is 0 Å². The van der Waals surface area contributed by atoms with E-state index in [-0.39, 0.29) is 11.1 Å². The van der Waals surface area contributed by atoms with Crippen LogP contribution in [0.3, 0.4) is 0 Å². The molecule has 3 nitrogen and oxygen atoms in total. The number of ether oxygens (including phenoxy) is 2. The van der Waals surface area contributed by atoms with Gasteiger partial charge in [-0.15, -0.1) is 0 Å². The quantitative estimate of drug-likeness (QED) is 0.911. The summed E-state index contributed by atoms with van der Waals surface area (Å²) in [5, 5.41) is 0.0844. The average molecular weight is 308 g/mol. The van der Waals surface area contributed by atoms with Gasteiger partial charge in [-0.25, -0.2) is 4.39 Å². The van der Waals surface area contributed by atoms with Gasteiger partial charge in [0.25, 0.3) is 0 Å². The van der Waals surface area contributed by atoms with Crippen LogP contribution in [-0.4, -0.2) is 7.11 Å². The molecule has 0 bridgehead atoms. The van der Waals surface area contributed by atoms with Crippen molar-refractivity contribution in [2.75, 3.05) is 7.11 Å². The van der Waals surface area contributed by atoms with E-state index in [9.17, 15) is 4.39 Å². The van der Waals surface area contributed by atoms with E-state index in [4.69, 9.17) is 26.8 Å². The third-order valence-corrected chi connectivity index (χ3v) is 3.98. The molecule has 21 heavy (non-hydrogen) atoms. The summed E-state index contributed by atoms with van der Waals surface area (Å²) in [5.74, 6) is 0.841. The van der Waals surface area contributed by atoms with Crippen molar-refractivity contribution in [3.63, 3.8) is 0 Å². The van der Waals surface area contributed by atoms with Gasteiger partial charge in [0.2, 0.25) is 0 Å². The van der Waals surface area contributed by atoms with Crippen molar-refractivity contribution in [2.24, 2.45) is 5.73 Å². The second kappa shape index (κ2) is 5.54. The first-order valence-corrected chi connectivity index (χ1v) is 7.02. The maximum atomic E-state index is 14.2. The summed E-state index contributed by atoms with van der Waals surface area (Å²) in [6, 6.07) is 10.2. The van der Waals surface area contributed by atoms with Gasteiger partial charge in [0.05, 0.1) is 12.1 Å².